The maximum absolute atomic E-state index is 2.87. The van der Waals surface area contributed by atoms with Gasteiger partial charge in [0.1, 0.15) is 0 Å². The van der Waals surface area contributed by atoms with Gasteiger partial charge in [0.05, 0.1) is 33.4 Å². The highest BCUT2D eigenvalue weighted by molar-refractivity contribution is 7.19. The summed E-state index contributed by atoms with van der Waals surface area (Å²) >= 11 is 0. The molecule has 0 unspecified atom stereocenters. The second-order valence-electron chi connectivity index (χ2n) is 14.8. The third-order valence-electron chi connectivity index (χ3n) is 11.9. The lowest BCUT2D eigenvalue weighted by molar-refractivity contribution is 1.16. The van der Waals surface area contributed by atoms with Crippen LogP contribution in [-0.2, 0) is 0 Å². The monoisotopic (exact) mass is 742 g/mol. The molecule has 0 spiro atoms. The van der Waals surface area contributed by atoms with Crippen LogP contribution in [0.25, 0.3) is 66.1 Å². The number of para-hydroxylation sites is 5. The first-order chi connectivity index (χ1) is 28.3. The SMILES string of the molecule is c1ccc([Si](c2ccccc2)(c2ccccc2)c2ccc(-n3c4ccccc4c4ccccc43)c(-c3ccccc3-n3c4ccccc4c4ccccc43)c2)cc1. The Morgan fingerprint density at radius 3 is 1.00 bits per heavy atom. The lowest BCUT2D eigenvalue weighted by Crippen LogP contribution is -2.74. The van der Waals surface area contributed by atoms with Crippen LogP contribution < -0.4 is 20.7 Å². The van der Waals surface area contributed by atoms with E-state index in [9.17, 15) is 0 Å². The van der Waals surface area contributed by atoms with E-state index in [1.807, 2.05) is 0 Å². The van der Waals surface area contributed by atoms with Crippen molar-refractivity contribution in [1.82, 2.24) is 9.13 Å². The molecule has 0 radical (unpaired) electrons. The summed E-state index contributed by atoms with van der Waals surface area (Å²) in [6.45, 7) is 0. The molecule has 0 saturated carbocycles. The van der Waals surface area contributed by atoms with Crippen molar-refractivity contribution in [3.8, 4) is 22.5 Å². The zero-order chi connectivity index (χ0) is 37.8. The van der Waals surface area contributed by atoms with Gasteiger partial charge in [-0.3, -0.25) is 0 Å². The van der Waals surface area contributed by atoms with Gasteiger partial charge in [0, 0.05) is 32.7 Å². The fourth-order valence-corrected chi connectivity index (χ4v) is 14.3. The molecular formula is C54H38N2Si. The summed E-state index contributed by atoms with van der Waals surface area (Å²) in [6.07, 6.45) is 0. The molecular weight excluding hydrogens is 705 g/mol. The van der Waals surface area contributed by atoms with Gasteiger partial charge in [0.25, 0.3) is 0 Å². The number of rotatable bonds is 7. The van der Waals surface area contributed by atoms with Crippen molar-refractivity contribution in [3.05, 3.63) is 231 Å². The van der Waals surface area contributed by atoms with Crippen molar-refractivity contribution in [2.24, 2.45) is 0 Å². The van der Waals surface area contributed by atoms with Crippen LogP contribution in [0, 0.1) is 0 Å². The fourth-order valence-electron chi connectivity index (χ4n) is 9.51. The van der Waals surface area contributed by atoms with Crippen LogP contribution in [0.5, 0.6) is 0 Å². The third-order valence-corrected chi connectivity index (χ3v) is 16.7. The predicted octanol–water partition coefficient (Wildman–Crippen LogP) is 10.9. The number of hydrogen-bond acceptors (Lipinski definition) is 0. The molecule has 11 rings (SSSR count). The summed E-state index contributed by atoms with van der Waals surface area (Å²) in [5.74, 6) is 0. The van der Waals surface area contributed by atoms with Crippen LogP contribution >= 0.6 is 0 Å². The minimum Gasteiger partial charge on any atom is -0.309 e. The Bertz CT molecular complexity index is 3030. The number of aromatic nitrogens is 2. The van der Waals surface area contributed by atoms with Crippen molar-refractivity contribution in [2.45, 2.75) is 0 Å². The topological polar surface area (TPSA) is 9.86 Å². The zero-order valence-corrected chi connectivity index (χ0v) is 32.3. The molecule has 0 aliphatic carbocycles. The first-order valence-electron chi connectivity index (χ1n) is 19.7. The molecule has 9 aromatic carbocycles. The molecule has 2 aromatic heterocycles. The molecule has 0 fully saturated rings. The zero-order valence-electron chi connectivity index (χ0n) is 31.3. The van der Waals surface area contributed by atoms with Crippen molar-refractivity contribution in [2.75, 3.05) is 0 Å². The van der Waals surface area contributed by atoms with Crippen LogP contribution in [0.2, 0.25) is 0 Å². The largest absolute Gasteiger partial charge is 0.309 e. The summed E-state index contributed by atoms with van der Waals surface area (Å²) in [5, 5.41) is 10.4. The fraction of sp³-hybridized carbons (Fsp3) is 0. The highest BCUT2D eigenvalue weighted by Crippen LogP contribution is 2.40. The van der Waals surface area contributed by atoms with E-state index in [0.717, 1.165) is 11.4 Å². The van der Waals surface area contributed by atoms with Crippen LogP contribution in [0.4, 0.5) is 0 Å². The van der Waals surface area contributed by atoms with Crippen molar-refractivity contribution in [3.63, 3.8) is 0 Å². The Labute approximate surface area is 333 Å². The Morgan fingerprint density at radius 2 is 0.579 bits per heavy atom. The first kappa shape index (κ1) is 33.2. The van der Waals surface area contributed by atoms with Crippen LogP contribution in [-0.4, -0.2) is 17.2 Å². The molecule has 11 aromatic rings. The molecule has 0 aliphatic heterocycles. The second-order valence-corrected chi connectivity index (χ2v) is 18.6. The lowest BCUT2D eigenvalue weighted by Gasteiger charge is -2.35. The van der Waals surface area contributed by atoms with Gasteiger partial charge in [-0.05, 0) is 57.1 Å². The minimum atomic E-state index is -2.87. The summed E-state index contributed by atoms with van der Waals surface area (Å²) in [5.41, 5.74) is 9.46. The first-order valence-corrected chi connectivity index (χ1v) is 21.7. The van der Waals surface area contributed by atoms with E-state index in [0.29, 0.717) is 0 Å². The molecule has 0 aliphatic rings. The van der Waals surface area contributed by atoms with Gasteiger partial charge in [-0.1, -0.05) is 194 Å². The van der Waals surface area contributed by atoms with Gasteiger partial charge < -0.3 is 9.13 Å². The Hall–Kier alpha value is -7.20. The Kier molecular flexibility index (Phi) is 7.87. The van der Waals surface area contributed by atoms with Gasteiger partial charge in [0.2, 0.25) is 0 Å². The molecule has 57 heavy (non-hydrogen) atoms. The predicted molar refractivity (Wildman–Crippen MR) is 244 cm³/mol. The minimum absolute atomic E-state index is 1.15. The molecule has 0 bridgehead atoms. The molecule has 0 amide bonds. The maximum atomic E-state index is 2.55. The van der Waals surface area contributed by atoms with Crippen LogP contribution in [0.15, 0.2) is 231 Å². The van der Waals surface area contributed by atoms with E-state index < -0.39 is 8.07 Å². The highest BCUT2D eigenvalue weighted by atomic mass is 28.3. The number of fused-ring (bicyclic) bond motifs is 6. The van der Waals surface area contributed by atoms with Gasteiger partial charge >= 0.3 is 0 Å². The van der Waals surface area contributed by atoms with E-state index >= 15 is 0 Å². The smallest absolute Gasteiger partial charge is 0.179 e. The Balaban J connectivity index is 1.30. The van der Waals surface area contributed by atoms with Crippen LogP contribution in [0.1, 0.15) is 0 Å². The average Bonchev–Trinajstić information content (AvgIpc) is 3.81. The molecule has 2 nitrogen and oxygen atoms in total. The van der Waals surface area contributed by atoms with Crippen molar-refractivity contribution >= 4 is 72.4 Å². The van der Waals surface area contributed by atoms with E-state index in [1.165, 1.54) is 75.5 Å². The lowest BCUT2D eigenvalue weighted by atomic mass is 10.0. The Morgan fingerprint density at radius 1 is 0.246 bits per heavy atom. The van der Waals surface area contributed by atoms with Crippen molar-refractivity contribution < 1.29 is 0 Å². The van der Waals surface area contributed by atoms with Gasteiger partial charge in [0.15, 0.2) is 8.07 Å². The molecule has 0 N–H and O–H groups in total. The van der Waals surface area contributed by atoms with Crippen LogP contribution in [0.3, 0.4) is 0 Å². The number of hydrogen-bond donors (Lipinski definition) is 0. The summed E-state index contributed by atoms with van der Waals surface area (Å²) in [4.78, 5) is 0. The molecule has 0 atom stereocenters. The molecule has 2 heterocycles. The standard InChI is InChI=1S/C54H38N2Si/c1-4-20-39(21-5-1)57(40-22-6-2-7-23-40,41-24-8-3-9-25-41)42-36-37-54(56-51-33-17-12-28-45(51)46-29-13-18-34-52(46)56)48(38-42)47-30-14-19-35-53(47)55-49-31-15-10-26-43(49)44-27-11-16-32-50(44)55/h1-38H. The summed E-state index contributed by atoms with van der Waals surface area (Å²) < 4.78 is 4.96. The quantitative estimate of drug-likeness (QED) is 0.114. The molecule has 3 heteroatoms. The van der Waals surface area contributed by atoms with E-state index in [2.05, 4.69) is 240 Å². The molecule has 0 saturated heterocycles. The van der Waals surface area contributed by atoms with Gasteiger partial charge in [-0.2, -0.15) is 0 Å². The van der Waals surface area contributed by atoms with Crippen molar-refractivity contribution in [1.29, 1.82) is 0 Å². The summed E-state index contributed by atoms with van der Waals surface area (Å²) in [7, 11) is -2.87. The third kappa shape index (κ3) is 5.10. The number of nitrogens with zero attached hydrogens (tertiary/aromatic N) is 2. The van der Waals surface area contributed by atoms with E-state index in [-0.39, 0.29) is 0 Å². The highest BCUT2D eigenvalue weighted by Gasteiger charge is 2.42. The number of benzene rings is 9. The average molecular weight is 743 g/mol. The van der Waals surface area contributed by atoms with E-state index in [4.69, 9.17) is 0 Å². The van der Waals surface area contributed by atoms with Gasteiger partial charge in [-0.25, -0.2) is 0 Å². The molecule has 268 valence electrons. The normalized spacial score (nSPS) is 11.9. The maximum Gasteiger partial charge on any atom is 0.179 e. The summed E-state index contributed by atoms with van der Waals surface area (Å²) in [6, 6.07) is 85.4. The van der Waals surface area contributed by atoms with Gasteiger partial charge in [-0.15, -0.1) is 0 Å². The van der Waals surface area contributed by atoms with E-state index in [1.54, 1.807) is 0 Å². The second kappa shape index (κ2) is 13.5.